The van der Waals surface area contributed by atoms with Crippen molar-refractivity contribution in [3.8, 4) is 0 Å². The number of hydrogen-bond donors (Lipinski definition) is 1. The van der Waals surface area contributed by atoms with Gasteiger partial charge < -0.3 is 9.88 Å². The van der Waals surface area contributed by atoms with Crippen LogP contribution in [0.3, 0.4) is 0 Å². The third kappa shape index (κ3) is 3.06. The molecule has 0 saturated heterocycles. The van der Waals surface area contributed by atoms with Crippen LogP contribution in [-0.2, 0) is 17.9 Å². The molecule has 0 radical (unpaired) electrons. The second-order valence-electron chi connectivity index (χ2n) is 5.73. The van der Waals surface area contributed by atoms with Crippen molar-refractivity contribution in [2.75, 3.05) is 6.54 Å². The molecule has 0 atom stereocenters. The number of fused-ring (bicyclic) bond motifs is 2. The van der Waals surface area contributed by atoms with Gasteiger partial charge in [-0.3, -0.25) is 14.2 Å². The fourth-order valence-electron chi connectivity index (χ4n) is 2.84. The molecule has 25 heavy (non-hydrogen) atoms. The molecule has 0 aliphatic rings. The van der Waals surface area contributed by atoms with Gasteiger partial charge in [0.2, 0.25) is 5.91 Å². The summed E-state index contributed by atoms with van der Waals surface area (Å²) in [5, 5.41) is 5.82. The lowest BCUT2D eigenvalue weighted by atomic mass is 10.2. The van der Waals surface area contributed by atoms with E-state index in [0.29, 0.717) is 17.8 Å². The summed E-state index contributed by atoms with van der Waals surface area (Å²) in [6.45, 7) is 1.04. The van der Waals surface area contributed by atoms with Crippen LogP contribution in [0.25, 0.3) is 21.1 Å². The lowest BCUT2D eigenvalue weighted by Crippen LogP contribution is -2.32. The van der Waals surface area contributed by atoms with Crippen LogP contribution >= 0.6 is 11.3 Å². The molecule has 3 aromatic heterocycles. The number of nitrogens with zero attached hydrogens (tertiary/aromatic N) is 3. The first-order valence-corrected chi connectivity index (χ1v) is 8.83. The van der Waals surface area contributed by atoms with E-state index in [1.807, 2.05) is 52.5 Å². The van der Waals surface area contributed by atoms with Gasteiger partial charge in [0.05, 0.1) is 11.8 Å². The zero-order valence-electron chi connectivity index (χ0n) is 13.4. The minimum atomic E-state index is -0.0837. The van der Waals surface area contributed by atoms with Gasteiger partial charge in [-0.1, -0.05) is 18.2 Å². The standard InChI is InChI=1S/C18H16N4O2S/c23-16(11-21-8-5-13-3-1-2-4-15(13)21)19-7-9-22-12-20-14-6-10-25-17(14)18(22)24/h1-6,8,10,12H,7,9,11H2,(H,19,23). The van der Waals surface area contributed by atoms with Crippen molar-refractivity contribution in [2.45, 2.75) is 13.1 Å². The highest BCUT2D eigenvalue weighted by molar-refractivity contribution is 7.17. The molecule has 0 aliphatic carbocycles. The fraction of sp³-hybridized carbons (Fsp3) is 0.167. The first-order valence-electron chi connectivity index (χ1n) is 7.95. The predicted octanol–water partition coefficient (Wildman–Crippen LogP) is 2.23. The van der Waals surface area contributed by atoms with Crippen LogP contribution in [0, 0.1) is 0 Å². The highest BCUT2D eigenvalue weighted by atomic mass is 32.1. The second kappa shape index (κ2) is 6.52. The Kier molecular flexibility index (Phi) is 4.07. The van der Waals surface area contributed by atoms with Crippen LogP contribution in [-0.4, -0.2) is 26.6 Å². The van der Waals surface area contributed by atoms with Crippen LogP contribution in [0.1, 0.15) is 0 Å². The molecule has 0 aliphatic heterocycles. The predicted molar refractivity (Wildman–Crippen MR) is 98.8 cm³/mol. The Hall–Kier alpha value is -2.93. The van der Waals surface area contributed by atoms with Crippen molar-refractivity contribution in [1.82, 2.24) is 19.4 Å². The molecule has 0 spiro atoms. The van der Waals surface area contributed by atoms with Crippen molar-refractivity contribution in [2.24, 2.45) is 0 Å². The van der Waals surface area contributed by atoms with E-state index >= 15 is 0 Å². The van der Waals surface area contributed by atoms with E-state index < -0.39 is 0 Å². The molecule has 6 nitrogen and oxygen atoms in total. The van der Waals surface area contributed by atoms with E-state index in [1.54, 1.807) is 0 Å². The molecule has 0 fully saturated rings. The summed E-state index contributed by atoms with van der Waals surface area (Å²) in [6.07, 6.45) is 3.44. The number of amides is 1. The van der Waals surface area contributed by atoms with Crippen LogP contribution in [0.4, 0.5) is 0 Å². The van der Waals surface area contributed by atoms with E-state index in [1.165, 1.54) is 22.2 Å². The van der Waals surface area contributed by atoms with Crippen LogP contribution < -0.4 is 10.9 Å². The fourth-order valence-corrected chi connectivity index (χ4v) is 3.64. The Morgan fingerprint density at radius 2 is 2.04 bits per heavy atom. The van der Waals surface area contributed by atoms with Crippen molar-refractivity contribution < 1.29 is 4.79 Å². The summed E-state index contributed by atoms with van der Waals surface area (Å²) in [6, 6.07) is 11.8. The van der Waals surface area contributed by atoms with Gasteiger partial charge in [-0.05, 0) is 29.0 Å². The highest BCUT2D eigenvalue weighted by Crippen LogP contribution is 2.15. The van der Waals surface area contributed by atoms with E-state index in [4.69, 9.17) is 0 Å². The molecule has 4 aromatic rings. The van der Waals surface area contributed by atoms with Gasteiger partial charge in [-0.15, -0.1) is 11.3 Å². The molecule has 7 heteroatoms. The van der Waals surface area contributed by atoms with Gasteiger partial charge in [0.25, 0.3) is 5.56 Å². The van der Waals surface area contributed by atoms with Gasteiger partial charge in [-0.25, -0.2) is 4.98 Å². The summed E-state index contributed by atoms with van der Waals surface area (Å²) in [7, 11) is 0. The SMILES string of the molecule is O=C(Cn1ccc2ccccc21)NCCn1cnc2ccsc2c1=O. The van der Waals surface area contributed by atoms with E-state index in [9.17, 15) is 9.59 Å². The Morgan fingerprint density at radius 3 is 2.96 bits per heavy atom. The zero-order valence-corrected chi connectivity index (χ0v) is 14.2. The number of aromatic nitrogens is 3. The third-order valence-corrected chi connectivity index (χ3v) is 5.00. The quantitative estimate of drug-likeness (QED) is 0.599. The first kappa shape index (κ1) is 15.6. The normalized spacial score (nSPS) is 11.2. The first-order chi connectivity index (χ1) is 12.2. The Morgan fingerprint density at radius 1 is 1.16 bits per heavy atom. The van der Waals surface area contributed by atoms with Crippen LogP contribution in [0.5, 0.6) is 0 Å². The zero-order chi connectivity index (χ0) is 17.2. The minimum absolute atomic E-state index is 0.0642. The topological polar surface area (TPSA) is 68.9 Å². The number of rotatable bonds is 5. The van der Waals surface area contributed by atoms with Crippen molar-refractivity contribution >= 4 is 38.4 Å². The molecule has 4 rings (SSSR count). The maximum absolute atomic E-state index is 12.3. The van der Waals surface area contributed by atoms with Crippen LogP contribution in [0.2, 0.25) is 0 Å². The Bertz CT molecular complexity index is 1110. The van der Waals surface area contributed by atoms with Gasteiger partial charge in [0, 0.05) is 24.8 Å². The molecule has 1 N–H and O–H groups in total. The number of nitrogens with one attached hydrogen (secondary N) is 1. The molecule has 126 valence electrons. The monoisotopic (exact) mass is 352 g/mol. The number of benzene rings is 1. The lowest BCUT2D eigenvalue weighted by molar-refractivity contribution is -0.121. The molecule has 0 saturated carbocycles. The number of hydrogen-bond acceptors (Lipinski definition) is 4. The molecular weight excluding hydrogens is 336 g/mol. The largest absolute Gasteiger partial charge is 0.353 e. The average molecular weight is 352 g/mol. The summed E-state index contributed by atoms with van der Waals surface area (Å²) < 4.78 is 4.09. The molecule has 3 heterocycles. The number of carbonyl (C=O) groups is 1. The Balaban J connectivity index is 1.38. The number of thiophene rings is 1. The molecular formula is C18H16N4O2S. The second-order valence-corrected chi connectivity index (χ2v) is 6.65. The van der Waals surface area contributed by atoms with Gasteiger partial charge in [-0.2, -0.15) is 0 Å². The van der Waals surface area contributed by atoms with Gasteiger partial charge >= 0.3 is 0 Å². The maximum atomic E-state index is 12.3. The summed E-state index contributed by atoms with van der Waals surface area (Å²) in [5.41, 5.74) is 1.68. The molecule has 0 unspecified atom stereocenters. The van der Waals surface area contributed by atoms with Gasteiger partial charge in [0.1, 0.15) is 11.2 Å². The smallest absolute Gasteiger partial charge is 0.271 e. The van der Waals surface area contributed by atoms with Crippen molar-refractivity contribution in [1.29, 1.82) is 0 Å². The lowest BCUT2D eigenvalue weighted by Gasteiger charge is -2.09. The maximum Gasteiger partial charge on any atom is 0.271 e. The van der Waals surface area contributed by atoms with E-state index in [0.717, 1.165) is 16.4 Å². The van der Waals surface area contributed by atoms with Gasteiger partial charge in [0.15, 0.2) is 0 Å². The minimum Gasteiger partial charge on any atom is -0.353 e. The Labute approximate surface area is 147 Å². The molecule has 1 amide bonds. The third-order valence-electron chi connectivity index (χ3n) is 4.10. The number of carbonyl (C=O) groups excluding carboxylic acids is 1. The van der Waals surface area contributed by atoms with E-state index in [2.05, 4.69) is 10.3 Å². The molecule has 0 bridgehead atoms. The summed E-state index contributed by atoms with van der Waals surface area (Å²) in [5.74, 6) is -0.0837. The molecule has 1 aromatic carbocycles. The van der Waals surface area contributed by atoms with Crippen molar-refractivity contribution in [3.05, 3.63) is 64.7 Å². The van der Waals surface area contributed by atoms with Crippen molar-refractivity contribution in [3.63, 3.8) is 0 Å². The summed E-state index contributed by atoms with van der Waals surface area (Å²) >= 11 is 1.39. The van der Waals surface area contributed by atoms with E-state index in [-0.39, 0.29) is 18.0 Å². The average Bonchev–Trinajstić information content (AvgIpc) is 3.25. The highest BCUT2D eigenvalue weighted by Gasteiger charge is 2.07. The number of para-hydroxylation sites is 1. The van der Waals surface area contributed by atoms with Crippen LogP contribution in [0.15, 0.2) is 59.1 Å². The summed E-state index contributed by atoms with van der Waals surface area (Å²) in [4.78, 5) is 28.7.